The summed E-state index contributed by atoms with van der Waals surface area (Å²) in [5.41, 5.74) is 3.00. The van der Waals surface area contributed by atoms with E-state index in [2.05, 4.69) is 21.3 Å². The van der Waals surface area contributed by atoms with Crippen LogP contribution >= 0.6 is 0 Å². The van der Waals surface area contributed by atoms with Crippen LogP contribution in [-0.2, 0) is 38.5 Å². The number of alkyl carbamates (subject to hydrolysis) is 2. The van der Waals surface area contributed by atoms with Crippen molar-refractivity contribution in [3.05, 3.63) is 95.6 Å². The van der Waals surface area contributed by atoms with Gasteiger partial charge in [0.05, 0.1) is 33.0 Å². The molecular weight excluding hydrogens is 676 g/mol. The van der Waals surface area contributed by atoms with E-state index >= 15 is 0 Å². The lowest BCUT2D eigenvalue weighted by Gasteiger charge is -2.34. The van der Waals surface area contributed by atoms with Crippen molar-refractivity contribution in [2.45, 2.75) is 97.7 Å². The third kappa shape index (κ3) is 13.2. The number of aliphatic hydroxyl groups is 2. The molecule has 3 rings (SSSR count). The zero-order valence-corrected chi connectivity index (χ0v) is 32.1. The summed E-state index contributed by atoms with van der Waals surface area (Å²) in [6.07, 6.45) is -2.07. The summed E-state index contributed by atoms with van der Waals surface area (Å²) in [7, 11) is 2.44. The fourth-order valence-electron chi connectivity index (χ4n) is 6.02. The van der Waals surface area contributed by atoms with Crippen LogP contribution in [0.15, 0.2) is 78.9 Å². The number of benzene rings is 3. The van der Waals surface area contributed by atoms with E-state index in [4.69, 9.17) is 9.47 Å². The van der Waals surface area contributed by atoms with Gasteiger partial charge >= 0.3 is 12.2 Å². The SMILES string of the molecule is COC(=O)N[C@H](C(=O)N[C@@H](Cc1ccccc1)C[C@H](O)[C@H](Cc1ccc(-c2cccc(CO)c2)cc1)NC(=O)[C@@H](NC(=O)OC)C(C)(C)C)C(C)(C)C. The van der Waals surface area contributed by atoms with Crippen LogP contribution in [0, 0.1) is 10.8 Å². The molecule has 0 aromatic heterocycles. The Labute approximate surface area is 313 Å². The van der Waals surface area contributed by atoms with Gasteiger partial charge in [-0.2, -0.15) is 0 Å². The first-order chi connectivity index (χ1) is 24.9. The Balaban J connectivity index is 1.97. The maximum atomic E-state index is 13.9. The van der Waals surface area contributed by atoms with Crippen LogP contribution in [0.25, 0.3) is 11.1 Å². The lowest BCUT2D eigenvalue weighted by Crippen LogP contribution is -2.59. The van der Waals surface area contributed by atoms with Crippen LogP contribution in [-0.4, -0.2) is 78.7 Å². The molecule has 0 radical (unpaired) electrons. The number of hydrogen-bond acceptors (Lipinski definition) is 8. The third-order valence-corrected chi connectivity index (χ3v) is 8.99. The normalized spacial score (nSPS) is 14.5. The molecule has 12 heteroatoms. The van der Waals surface area contributed by atoms with Gasteiger partial charge in [0.25, 0.3) is 0 Å². The van der Waals surface area contributed by atoms with Gasteiger partial charge in [-0.05, 0) is 64.0 Å². The average Bonchev–Trinajstić information content (AvgIpc) is 3.11. The van der Waals surface area contributed by atoms with E-state index < -0.39 is 65.1 Å². The van der Waals surface area contributed by atoms with E-state index in [1.807, 2.05) is 120 Å². The van der Waals surface area contributed by atoms with Gasteiger partial charge in [0.1, 0.15) is 12.1 Å². The molecule has 0 fully saturated rings. The molecule has 0 saturated carbocycles. The first kappa shape index (κ1) is 42.5. The molecule has 4 amide bonds. The van der Waals surface area contributed by atoms with Crippen molar-refractivity contribution in [1.29, 1.82) is 0 Å². The predicted octanol–water partition coefficient (Wildman–Crippen LogP) is 4.89. The van der Waals surface area contributed by atoms with Crippen molar-refractivity contribution in [2.75, 3.05) is 14.2 Å². The molecule has 3 aromatic carbocycles. The number of amides is 4. The molecule has 0 bridgehead atoms. The molecule has 6 N–H and O–H groups in total. The Hall–Kier alpha value is -4.94. The van der Waals surface area contributed by atoms with Crippen LogP contribution in [0.3, 0.4) is 0 Å². The van der Waals surface area contributed by atoms with Gasteiger partial charge in [-0.3, -0.25) is 9.59 Å². The lowest BCUT2D eigenvalue weighted by atomic mass is 9.85. The van der Waals surface area contributed by atoms with Gasteiger partial charge in [0.2, 0.25) is 11.8 Å². The molecule has 5 atom stereocenters. The summed E-state index contributed by atoms with van der Waals surface area (Å²) in [5.74, 6) is -0.962. The zero-order valence-electron chi connectivity index (χ0n) is 32.1. The quantitative estimate of drug-likeness (QED) is 0.128. The summed E-state index contributed by atoms with van der Waals surface area (Å²) in [5, 5.41) is 32.9. The van der Waals surface area contributed by atoms with E-state index in [0.717, 1.165) is 27.8 Å². The van der Waals surface area contributed by atoms with Gasteiger partial charge in [-0.25, -0.2) is 9.59 Å². The minimum Gasteiger partial charge on any atom is -0.453 e. The van der Waals surface area contributed by atoms with Gasteiger partial charge in [-0.15, -0.1) is 0 Å². The Morgan fingerprint density at radius 3 is 1.64 bits per heavy atom. The average molecular weight is 733 g/mol. The largest absolute Gasteiger partial charge is 0.453 e. The molecule has 0 aliphatic rings. The topological polar surface area (TPSA) is 175 Å². The number of rotatable bonds is 15. The van der Waals surface area contributed by atoms with Gasteiger partial charge in [0.15, 0.2) is 0 Å². The summed E-state index contributed by atoms with van der Waals surface area (Å²) >= 11 is 0. The highest BCUT2D eigenvalue weighted by Gasteiger charge is 2.37. The fraction of sp³-hybridized carbons (Fsp3) is 0.463. The van der Waals surface area contributed by atoms with E-state index in [1.165, 1.54) is 14.2 Å². The van der Waals surface area contributed by atoms with Gasteiger partial charge in [-0.1, -0.05) is 114 Å². The maximum Gasteiger partial charge on any atom is 0.407 e. The second kappa shape index (κ2) is 19.2. The monoisotopic (exact) mass is 732 g/mol. The second-order valence-electron chi connectivity index (χ2n) is 15.4. The number of carbonyl (C=O) groups is 4. The molecular formula is C41H56N4O8. The van der Waals surface area contributed by atoms with Crippen LogP contribution < -0.4 is 21.3 Å². The molecule has 0 saturated heterocycles. The smallest absolute Gasteiger partial charge is 0.407 e. The molecule has 53 heavy (non-hydrogen) atoms. The van der Waals surface area contributed by atoms with Gasteiger partial charge in [0, 0.05) is 6.04 Å². The number of hydrogen-bond donors (Lipinski definition) is 6. The number of nitrogens with one attached hydrogen (secondary N) is 4. The van der Waals surface area contributed by atoms with Crippen LogP contribution in [0.2, 0.25) is 0 Å². The van der Waals surface area contributed by atoms with E-state index in [0.29, 0.717) is 6.42 Å². The highest BCUT2D eigenvalue weighted by Crippen LogP contribution is 2.25. The summed E-state index contributed by atoms with van der Waals surface area (Å²) in [6.45, 7) is 10.8. The van der Waals surface area contributed by atoms with Gasteiger partial charge < -0.3 is 41.0 Å². The number of carbonyl (C=O) groups excluding carboxylic acids is 4. The maximum absolute atomic E-state index is 13.9. The lowest BCUT2D eigenvalue weighted by molar-refractivity contribution is -0.128. The first-order valence-electron chi connectivity index (χ1n) is 17.8. The van der Waals surface area contributed by atoms with Crippen LogP contribution in [0.1, 0.15) is 64.7 Å². The molecule has 288 valence electrons. The minimum absolute atomic E-state index is 0.0390. The number of aliphatic hydroxyl groups excluding tert-OH is 2. The Bertz CT molecular complexity index is 1650. The Morgan fingerprint density at radius 2 is 1.13 bits per heavy atom. The minimum atomic E-state index is -1.17. The van der Waals surface area contributed by atoms with Crippen molar-refractivity contribution < 1.29 is 38.9 Å². The van der Waals surface area contributed by atoms with Crippen molar-refractivity contribution in [3.63, 3.8) is 0 Å². The molecule has 0 aliphatic heterocycles. The summed E-state index contributed by atoms with van der Waals surface area (Å²) in [6, 6.07) is 21.4. The molecule has 12 nitrogen and oxygen atoms in total. The molecule has 0 heterocycles. The number of ether oxygens (including phenoxy) is 2. The van der Waals surface area contributed by atoms with Crippen LogP contribution in [0.5, 0.6) is 0 Å². The summed E-state index contributed by atoms with van der Waals surface area (Å²) in [4.78, 5) is 52.1. The van der Waals surface area contributed by atoms with Crippen LogP contribution in [0.4, 0.5) is 9.59 Å². The predicted molar refractivity (Wildman–Crippen MR) is 204 cm³/mol. The van der Waals surface area contributed by atoms with Crippen molar-refractivity contribution in [1.82, 2.24) is 21.3 Å². The highest BCUT2D eigenvalue weighted by molar-refractivity contribution is 5.87. The Kier molecular flexibility index (Phi) is 15.4. The molecule has 0 spiro atoms. The highest BCUT2D eigenvalue weighted by atomic mass is 16.5. The van der Waals surface area contributed by atoms with Crippen molar-refractivity contribution in [3.8, 4) is 11.1 Å². The zero-order chi connectivity index (χ0) is 39.3. The first-order valence-corrected chi connectivity index (χ1v) is 17.8. The molecule has 0 unspecified atom stereocenters. The fourth-order valence-corrected chi connectivity index (χ4v) is 6.02. The number of methoxy groups -OCH3 is 2. The molecule has 0 aliphatic carbocycles. The third-order valence-electron chi connectivity index (χ3n) is 8.99. The van der Waals surface area contributed by atoms with E-state index in [9.17, 15) is 29.4 Å². The second-order valence-corrected chi connectivity index (χ2v) is 15.4. The molecule has 3 aromatic rings. The van der Waals surface area contributed by atoms with Crippen molar-refractivity contribution >= 4 is 24.0 Å². The van der Waals surface area contributed by atoms with Crippen molar-refractivity contribution in [2.24, 2.45) is 10.8 Å². The standard InChI is InChI=1S/C41H56N4O8/c1-40(2,3)34(44-38(50)52-7)36(48)42-31(22-26-13-10-9-11-14-26)24-33(47)32(43-37(49)35(41(4,5)6)45-39(51)53-8)23-27-17-19-29(20-18-27)30-16-12-15-28(21-30)25-46/h9-21,31-35,46-47H,22-25H2,1-8H3,(H,42,48)(H,43,49)(H,44,50)(H,45,51)/t31-,32-,33-,34+,35+/m0/s1. The van der Waals surface area contributed by atoms with E-state index in [1.54, 1.807) is 0 Å². The Morgan fingerprint density at radius 1 is 0.623 bits per heavy atom. The van der Waals surface area contributed by atoms with E-state index in [-0.39, 0.29) is 19.4 Å². The summed E-state index contributed by atoms with van der Waals surface area (Å²) < 4.78 is 9.57.